The number of fused-ring (bicyclic) bond motifs is 2. The molecule has 0 radical (unpaired) electrons. The van der Waals surface area contributed by atoms with E-state index in [0.29, 0.717) is 34.9 Å². The summed E-state index contributed by atoms with van der Waals surface area (Å²) in [6, 6.07) is 7.23. The fraction of sp³-hybridized carbons (Fsp3) is 0.400. The van der Waals surface area contributed by atoms with Gasteiger partial charge >= 0.3 is 0 Å². The molecule has 10 nitrogen and oxygen atoms in total. The highest BCUT2D eigenvalue weighted by Crippen LogP contribution is 2.33. The number of nitrogens with zero attached hydrogens (tertiary/aromatic N) is 5. The number of rotatable bonds is 4. The third-order valence-corrected chi connectivity index (χ3v) is 4.82. The summed E-state index contributed by atoms with van der Waals surface area (Å²) in [6.45, 7) is 0.407. The smallest absolute Gasteiger partial charge is 0.221 e. The van der Waals surface area contributed by atoms with Gasteiger partial charge in [0.1, 0.15) is 17.5 Å². The van der Waals surface area contributed by atoms with Crippen LogP contribution >= 0.6 is 24.4 Å². The van der Waals surface area contributed by atoms with Gasteiger partial charge in [-0.25, -0.2) is 4.68 Å². The van der Waals surface area contributed by atoms with Crippen molar-refractivity contribution >= 4 is 35.3 Å². The highest BCUT2D eigenvalue weighted by molar-refractivity contribution is 7.80. The SMILES string of the molecule is COc1ccccc1-n1nnn(C2C/C(=N/NC(N)=S)C3OCC2O3)c1=S. The summed E-state index contributed by atoms with van der Waals surface area (Å²) in [4.78, 5) is 0. The molecule has 12 heteroatoms. The summed E-state index contributed by atoms with van der Waals surface area (Å²) in [6.07, 6.45) is -0.205. The van der Waals surface area contributed by atoms with Crippen molar-refractivity contribution in [2.75, 3.05) is 13.7 Å². The van der Waals surface area contributed by atoms with Crippen LogP contribution in [0.1, 0.15) is 12.5 Å². The molecule has 4 rings (SSSR count). The average Bonchev–Trinajstić information content (AvgIpc) is 3.26. The lowest BCUT2D eigenvalue weighted by Crippen LogP contribution is -2.39. The van der Waals surface area contributed by atoms with Crippen molar-refractivity contribution in [1.82, 2.24) is 25.2 Å². The number of tetrazole rings is 1. The zero-order valence-corrected chi connectivity index (χ0v) is 15.9. The number of hydrazone groups is 1. The van der Waals surface area contributed by atoms with E-state index in [1.165, 1.54) is 0 Å². The Bertz CT molecular complexity index is 957. The lowest BCUT2D eigenvalue weighted by atomic mass is 10.0. The Labute approximate surface area is 164 Å². The maximum absolute atomic E-state index is 5.88. The number of methoxy groups -OCH3 is 1. The molecule has 142 valence electrons. The zero-order valence-electron chi connectivity index (χ0n) is 14.3. The summed E-state index contributed by atoms with van der Waals surface area (Å²) in [5, 5.41) is 12.7. The van der Waals surface area contributed by atoms with Crippen LogP contribution in [0.3, 0.4) is 0 Å². The molecule has 3 heterocycles. The van der Waals surface area contributed by atoms with E-state index in [4.69, 9.17) is 44.4 Å². The number of aromatic nitrogens is 4. The van der Waals surface area contributed by atoms with Gasteiger partial charge in [-0.1, -0.05) is 12.1 Å². The van der Waals surface area contributed by atoms with Crippen LogP contribution in [0.25, 0.3) is 5.69 Å². The summed E-state index contributed by atoms with van der Waals surface area (Å²) >= 11 is 10.4. The van der Waals surface area contributed by atoms with E-state index in [2.05, 4.69) is 21.0 Å². The van der Waals surface area contributed by atoms with Gasteiger partial charge in [0.05, 0.1) is 25.5 Å². The number of hydrogen-bond donors (Lipinski definition) is 2. The lowest BCUT2D eigenvalue weighted by molar-refractivity contribution is -0.0324. The number of nitrogens with one attached hydrogen (secondary N) is 1. The molecule has 1 aromatic carbocycles. The molecular weight excluding hydrogens is 390 g/mol. The molecule has 2 fully saturated rings. The monoisotopic (exact) mass is 407 g/mol. The van der Waals surface area contributed by atoms with Gasteiger partial charge < -0.3 is 19.9 Å². The Morgan fingerprint density at radius 2 is 2.22 bits per heavy atom. The van der Waals surface area contributed by atoms with E-state index in [1.54, 1.807) is 16.5 Å². The first-order chi connectivity index (χ1) is 13.1. The van der Waals surface area contributed by atoms with E-state index >= 15 is 0 Å². The second kappa shape index (κ2) is 7.31. The topological polar surface area (TPSA) is 114 Å². The third-order valence-electron chi connectivity index (χ3n) is 4.37. The summed E-state index contributed by atoms with van der Waals surface area (Å²) < 4.78 is 20.5. The molecule has 1 aromatic heterocycles. The first kappa shape index (κ1) is 18.0. The Balaban J connectivity index is 1.68. The Morgan fingerprint density at radius 1 is 1.41 bits per heavy atom. The van der Waals surface area contributed by atoms with Crippen molar-refractivity contribution < 1.29 is 14.2 Å². The second-order valence-electron chi connectivity index (χ2n) is 5.98. The molecular formula is C15H17N7O3S2. The molecule has 3 atom stereocenters. The van der Waals surface area contributed by atoms with Crippen molar-refractivity contribution in [2.24, 2.45) is 10.8 Å². The molecule has 2 saturated heterocycles. The first-order valence-electron chi connectivity index (χ1n) is 8.15. The van der Waals surface area contributed by atoms with Gasteiger partial charge in [-0.05, 0) is 47.0 Å². The van der Waals surface area contributed by atoms with E-state index in [9.17, 15) is 0 Å². The van der Waals surface area contributed by atoms with E-state index in [1.807, 2.05) is 24.3 Å². The minimum Gasteiger partial charge on any atom is -0.494 e. The lowest BCUT2D eigenvalue weighted by Gasteiger charge is -2.27. The molecule has 2 aromatic rings. The predicted octanol–water partition coefficient (Wildman–Crippen LogP) is 0.682. The van der Waals surface area contributed by atoms with E-state index in [0.717, 1.165) is 0 Å². The molecule has 0 saturated carbocycles. The minimum atomic E-state index is -0.522. The van der Waals surface area contributed by atoms with Crippen molar-refractivity contribution in [3.8, 4) is 11.4 Å². The highest BCUT2D eigenvalue weighted by Gasteiger charge is 2.44. The van der Waals surface area contributed by atoms with Crippen LogP contribution in [0, 0.1) is 4.77 Å². The number of hydrogen-bond acceptors (Lipinski definition) is 8. The second-order valence-corrected chi connectivity index (χ2v) is 6.79. The van der Waals surface area contributed by atoms with Crippen molar-refractivity contribution in [2.45, 2.75) is 24.9 Å². The molecule has 2 aliphatic heterocycles. The van der Waals surface area contributed by atoms with Crippen LogP contribution in [-0.4, -0.2) is 56.7 Å². The fourth-order valence-electron chi connectivity index (χ4n) is 3.13. The van der Waals surface area contributed by atoms with Crippen LogP contribution in [0.2, 0.25) is 0 Å². The van der Waals surface area contributed by atoms with Crippen LogP contribution in [0.15, 0.2) is 29.4 Å². The third kappa shape index (κ3) is 3.32. The number of ether oxygens (including phenoxy) is 3. The van der Waals surface area contributed by atoms with Gasteiger partial charge in [0.25, 0.3) is 0 Å². The van der Waals surface area contributed by atoms with Crippen LogP contribution < -0.4 is 15.9 Å². The van der Waals surface area contributed by atoms with Gasteiger partial charge in [-0.2, -0.15) is 9.78 Å². The van der Waals surface area contributed by atoms with Crippen molar-refractivity contribution in [3.63, 3.8) is 0 Å². The molecule has 3 N–H and O–H groups in total. The predicted molar refractivity (Wildman–Crippen MR) is 102 cm³/mol. The fourth-order valence-corrected chi connectivity index (χ4v) is 3.48. The van der Waals surface area contributed by atoms with Gasteiger partial charge in [0, 0.05) is 6.42 Å². The van der Waals surface area contributed by atoms with Crippen LogP contribution in [0.5, 0.6) is 5.75 Å². The number of nitrogens with two attached hydrogens (primary N) is 1. The number of thiocarbonyl (C=S) groups is 1. The molecule has 2 aliphatic rings. The minimum absolute atomic E-state index is 0.0675. The summed E-state index contributed by atoms with van der Waals surface area (Å²) in [5.74, 6) is 0.646. The summed E-state index contributed by atoms with van der Waals surface area (Å²) in [7, 11) is 1.59. The van der Waals surface area contributed by atoms with Gasteiger partial charge in [-0.15, -0.1) is 0 Å². The normalized spacial score (nSPS) is 25.5. The van der Waals surface area contributed by atoms with Crippen molar-refractivity contribution in [1.29, 1.82) is 0 Å². The van der Waals surface area contributed by atoms with E-state index in [-0.39, 0.29) is 17.3 Å². The molecule has 3 unspecified atom stereocenters. The Kier molecular flexibility index (Phi) is 4.86. The Hall–Kier alpha value is -2.41. The van der Waals surface area contributed by atoms with Gasteiger partial charge in [0.15, 0.2) is 11.4 Å². The zero-order chi connectivity index (χ0) is 19.0. The average molecular weight is 407 g/mol. The number of benzene rings is 1. The maximum Gasteiger partial charge on any atom is 0.221 e. The van der Waals surface area contributed by atoms with Crippen LogP contribution in [0.4, 0.5) is 0 Å². The molecule has 0 aliphatic carbocycles. The number of para-hydroxylation sites is 2. The van der Waals surface area contributed by atoms with E-state index < -0.39 is 6.29 Å². The van der Waals surface area contributed by atoms with Crippen LogP contribution in [-0.2, 0) is 9.47 Å². The highest BCUT2D eigenvalue weighted by atomic mass is 32.1. The largest absolute Gasteiger partial charge is 0.494 e. The molecule has 0 amide bonds. The standard InChI is InChI=1S/C15H17N7O3S2/c1-23-11-5-3-2-4-9(11)21-15(27)22(20-19-21)10-6-8(17-18-14(16)26)13-24-7-12(10)25-13/h2-5,10,12-13H,6-7H2,1H3,(H3,16,18,26)/b17-8-. The molecule has 2 bridgehead atoms. The first-order valence-corrected chi connectivity index (χ1v) is 8.97. The van der Waals surface area contributed by atoms with Gasteiger partial charge in [-0.3, -0.25) is 5.43 Å². The maximum atomic E-state index is 5.88. The summed E-state index contributed by atoms with van der Waals surface area (Å²) in [5.41, 5.74) is 9.36. The van der Waals surface area contributed by atoms with Crippen molar-refractivity contribution in [3.05, 3.63) is 29.0 Å². The van der Waals surface area contributed by atoms with Gasteiger partial charge in [0.2, 0.25) is 4.77 Å². The quantitative estimate of drug-likeness (QED) is 0.558. The Morgan fingerprint density at radius 3 is 3.00 bits per heavy atom. The molecule has 27 heavy (non-hydrogen) atoms. The molecule has 0 spiro atoms.